The van der Waals surface area contributed by atoms with Crippen LogP contribution in [0.4, 0.5) is 0 Å². The van der Waals surface area contributed by atoms with E-state index in [9.17, 15) is 0 Å². The summed E-state index contributed by atoms with van der Waals surface area (Å²) in [6, 6.07) is 9.95. The van der Waals surface area contributed by atoms with Crippen LogP contribution in [0.3, 0.4) is 0 Å². The van der Waals surface area contributed by atoms with Crippen molar-refractivity contribution in [3.8, 4) is 5.75 Å². The molecule has 0 spiro atoms. The zero-order valence-corrected chi connectivity index (χ0v) is 12.2. The average molecular weight is 265 g/mol. The topological polar surface area (TPSA) is 30.5 Å². The summed E-state index contributed by atoms with van der Waals surface area (Å²) in [7, 11) is 0. The second-order valence-electron chi connectivity index (χ2n) is 5.09. The molecule has 0 amide bonds. The van der Waals surface area contributed by atoms with Crippen molar-refractivity contribution in [3.05, 3.63) is 30.3 Å². The number of rotatable bonds is 11. The molecular formula is C16H27NO2. The zero-order chi connectivity index (χ0) is 13.8. The van der Waals surface area contributed by atoms with Crippen molar-refractivity contribution in [1.29, 1.82) is 0 Å². The van der Waals surface area contributed by atoms with Crippen LogP contribution in [0.2, 0.25) is 0 Å². The normalized spacial score (nSPS) is 10.9. The minimum absolute atomic E-state index is 0.628. The summed E-state index contributed by atoms with van der Waals surface area (Å²) >= 11 is 0. The average Bonchev–Trinajstić information content (AvgIpc) is 2.42. The predicted molar refractivity (Wildman–Crippen MR) is 79.7 cm³/mol. The molecule has 1 aromatic carbocycles. The van der Waals surface area contributed by atoms with E-state index in [1.54, 1.807) is 0 Å². The van der Waals surface area contributed by atoms with Crippen molar-refractivity contribution < 1.29 is 9.47 Å². The van der Waals surface area contributed by atoms with Gasteiger partial charge in [-0.1, -0.05) is 32.0 Å². The van der Waals surface area contributed by atoms with E-state index >= 15 is 0 Å². The number of hydrogen-bond acceptors (Lipinski definition) is 3. The summed E-state index contributed by atoms with van der Waals surface area (Å²) < 4.78 is 11.1. The third-order valence-electron chi connectivity index (χ3n) is 2.60. The molecule has 0 heterocycles. The van der Waals surface area contributed by atoms with Gasteiger partial charge in [-0.15, -0.1) is 0 Å². The Balaban J connectivity index is 1.81. The van der Waals surface area contributed by atoms with Crippen LogP contribution in [0.5, 0.6) is 5.75 Å². The van der Waals surface area contributed by atoms with Crippen LogP contribution in [0, 0.1) is 5.92 Å². The van der Waals surface area contributed by atoms with E-state index < -0.39 is 0 Å². The first kappa shape index (κ1) is 16.0. The molecule has 3 nitrogen and oxygen atoms in total. The van der Waals surface area contributed by atoms with Gasteiger partial charge in [-0.3, -0.25) is 0 Å². The van der Waals surface area contributed by atoms with Crippen LogP contribution < -0.4 is 10.1 Å². The van der Waals surface area contributed by atoms with Gasteiger partial charge in [0.1, 0.15) is 5.75 Å². The maximum Gasteiger partial charge on any atom is 0.119 e. The second kappa shape index (κ2) is 10.8. The maximum absolute atomic E-state index is 5.61. The van der Waals surface area contributed by atoms with Crippen molar-refractivity contribution in [1.82, 2.24) is 5.32 Å². The number of para-hydroxylation sites is 1. The van der Waals surface area contributed by atoms with Gasteiger partial charge < -0.3 is 14.8 Å². The Morgan fingerprint density at radius 2 is 1.68 bits per heavy atom. The Morgan fingerprint density at radius 3 is 2.37 bits per heavy atom. The predicted octanol–water partition coefficient (Wildman–Crippen LogP) is 3.11. The summed E-state index contributed by atoms with van der Waals surface area (Å²) in [4.78, 5) is 0. The molecule has 0 atom stereocenters. The van der Waals surface area contributed by atoms with Gasteiger partial charge in [0.2, 0.25) is 0 Å². The lowest BCUT2D eigenvalue weighted by molar-refractivity contribution is 0.108. The Morgan fingerprint density at radius 1 is 1.00 bits per heavy atom. The van der Waals surface area contributed by atoms with Gasteiger partial charge >= 0.3 is 0 Å². The van der Waals surface area contributed by atoms with Gasteiger partial charge in [0, 0.05) is 13.2 Å². The molecule has 1 rings (SSSR count). The third kappa shape index (κ3) is 9.51. The minimum Gasteiger partial charge on any atom is -0.494 e. The van der Waals surface area contributed by atoms with Gasteiger partial charge in [-0.05, 0) is 44.0 Å². The van der Waals surface area contributed by atoms with Crippen molar-refractivity contribution in [2.24, 2.45) is 5.92 Å². The van der Waals surface area contributed by atoms with E-state index in [1.165, 1.54) is 0 Å². The number of benzene rings is 1. The summed E-state index contributed by atoms with van der Waals surface area (Å²) in [5, 5.41) is 3.40. The highest BCUT2D eigenvalue weighted by molar-refractivity contribution is 5.20. The van der Waals surface area contributed by atoms with Gasteiger partial charge in [0.05, 0.1) is 6.61 Å². The van der Waals surface area contributed by atoms with Gasteiger partial charge in [-0.2, -0.15) is 0 Å². The van der Waals surface area contributed by atoms with Crippen LogP contribution >= 0.6 is 0 Å². The molecule has 19 heavy (non-hydrogen) atoms. The molecular weight excluding hydrogens is 238 g/mol. The van der Waals surface area contributed by atoms with Crippen LogP contribution in [-0.4, -0.2) is 32.9 Å². The van der Waals surface area contributed by atoms with Crippen molar-refractivity contribution in [2.75, 3.05) is 32.9 Å². The lowest BCUT2D eigenvalue weighted by Crippen LogP contribution is -2.20. The van der Waals surface area contributed by atoms with Gasteiger partial charge in [0.15, 0.2) is 0 Å². The molecule has 0 fully saturated rings. The third-order valence-corrected chi connectivity index (χ3v) is 2.60. The summed E-state index contributed by atoms with van der Waals surface area (Å²) in [6.45, 7) is 8.84. The summed E-state index contributed by atoms with van der Waals surface area (Å²) in [6.07, 6.45) is 2.11. The number of hydrogen-bond donors (Lipinski definition) is 1. The molecule has 108 valence electrons. The largest absolute Gasteiger partial charge is 0.494 e. The van der Waals surface area contributed by atoms with E-state index in [0.29, 0.717) is 5.92 Å². The molecule has 3 heteroatoms. The first-order valence-electron chi connectivity index (χ1n) is 7.25. The highest BCUT2D eigenvalue weighted by Gasteiger charge is 1.94. The van der Waals surface area contributed by atoms with E-state index in [4.69, 9.17) is 9.47 Å². The monoisotopic (exact) mass is 265 g/mol. The molecule has 0 bridgehead atoms. The van der Waals surface area contributed by atoms with E-state index in [0.717, 1.165) is 51.5 Å². The van der Waals surface area contributed by atoms with Crippen molar-refractivity contribution in [2.45, 2.75) is 26.7 Å². The molecule has 0 radical (unpaired) electrons. The van der Waals surface area contributed by atoms with Crippen molar-refractivity contribution >= 4 is 0 Å². The Kier molecular flexibility index (Phi) is 9.11. The Hall–Kier alpha value is -1.06. The maximum atomic E-state index is 5.61. The standard InChI is InChI=1S/C16H27NO2/c1-15(2)14-18-12-6-10-17-11-7-13-19-16-8-4-3-5-9-16/h3-5,8-9,15,17H,6-7,10-14H2,1-2H3. The molecule has 1 N–H and O–H groups in total. The fourth-order valence-electron chi connectivity index (χ4n) is 1.65. The Labute approximate surface area is 117 Å². The van der Waals surface area contributed by atoms with E-state index in [-0.39, 0.29) is 0 Å². The molecule has 0 saturated heterocycles. The van der Waals surface area contributed by atoms with Crippen LogP contribution in [0.1, 0.15) is 26.7 Å². The first-order chi connectivity index (χ1) is 9.29. The lowest BCUT2D eigenvalue weighted by atomic mass is 10.2. The zero-order valence-electron chi connectivity index (χ0n) is 12.2. The van der Waals surface area contributed by atoms with E-state index in [2.05, 4.69) is 19.2 Å². The molecule has 0 saturated carbocycles. The highest BCUT2D eigenvalue weighted by Crippen LogP contribution is 2.07. The molecule has 0 aliphatic rings. The summed E-state index contributed by atoms with van der Waals surface area (Å²) in [5.41, 5.74) is 0. The van der Waals surface area contributed by atoms with E-state index in [1.807, 2.05) is 30.3 Å². The minimum atomic E-state index is 0.628. The lowest BCUT2D eigenvalue weighted by Gasteiger charge is -2.08. The fourth-order valence-corrected chi connectivity index (χ4v) is 1.65. The van der Waals surface area contributed by atoms with Crippen LogP contribution in [0.25, 0.3) is 0 Å². The quantitative estimate of drug-likeness (QED) is 0.624. The van der Waals surface area contributed by atoms with Gasteiger partial charge in [0.25, 0.3) is 0 Å². The van der Waals surface area contributed by atoms with Crippen molar-refractivity contribution in [3.63, 3.8) is 0 Å². The molecule has 0 aliphatic heterocycles. The molecule has 0 unspecified atom stereocenters. The second-order valence-corrected chi connectivity index (χ2v) is 5.09. The summed E-state index contributed by atoms with van der Waals surface area (Å²) in [5.74, 6) is 1.58. The number of ether oxygens (including phenoxy) is 2. The first-order valence-corrected chi connectivity index (χ1v) is 7.25. The molecule has 0 aliphatic carbocycles. The number of nitrogens with one attached hydrogen (secondary N) is 1. The SMILES string of the molecule is CC(C)COCCCNCCCOc1ccccc1. The van der Waals surface area contributed by atoms with Crippen LogP contribution in [0.15, 0.2) is 30.3 Å². The smallest absolute Gasteiger partial charge is 0.119 e. The van der Waals surface area contributed by atoms with Crippen LogP contribution in [-0.2, 0) is 4.74 Å². The van der Waals surface area contributed by atoms with Gasteiger partial charge in [-0.25, -0.2) is 0 Å². The molecule has 1 aromatic rings. The molecule has 0 aromatic heterocycles. The fraction of sp³-hybridized carbons (Fsp3) is 0.625. The highest BCUT2D eigenvalue weighted by atomic mass is 16.5. The Bertz CT molecular complexity index is 301.